The van der Waals surface area contributed by atoms with E-state index in [1.807, 2.05) is 0 Å². The molecule has 1 heterocycles. The van der Waals surface area contributed by atoms with E-state index >= 15 is 0 Å². The molecule has 78 valence electrons. The van der Waals surface area contributed by atoms with Gasteiger partial charge in [-0.3, -0.25) is 4.90 Å². The molecular weight excluding hydrogens is 164 g/mol. The van der Waals surface area contributed by atoms with Crippen LogP contribution in [0, 0.1) is 0 Å². The molecule has 1 rings (SSSR count). The Bertz CT molecular complexity index is 139. The van der Waals surface area contributed by atoms with Crippen molar-refractivity contribution >= 4 is 0 Å². The van der Waals surface area contributed by atoms with Gasteiger partial charge in [-0.15, -0.1) is 0 Å². The highest BCUT2D eigenvalue weighted by molar-refractivity contribution is 4.81. The Morgan fingerprint density at radius 1 is 1.54 bits per heavy atom. The molecule has 3 N–H and O–H groups in total. The minimum absolute atomic E-state index is 0.304. The van der Waals surface area contributed by atoms with Gasteiger partial charge in [-0.1, -0.05) is 6.42 Å². The molecular formula is C10H22N2O. The molecule has 1 saturated heterocycles. The SMILES string of the molecule is CC(CN)N1CCCCC1CCO. The van der Waals surface area contributed by atoms with E-state index in [2.05, 4.69) is 11.8 Å². The summed E-state index contributed by atoms with van der Waals surface area (Å²) < 4.78 is 0. The molecule has 0 aliphatic carbocycles. The Hall–Kier alpha value is -0.120. The Morgan fingerprint density at radius 2 is 2.31 bits per heavy atom. The summed E-state index contributed by atoms with van der Waals surface area (Å²) in [7, 11) is 0. The average Bonchev–Trinajstić information content (AvgIpc) is 2.18. The van der Waals surface area contributed by atoms with Crippen LogP contribution in [0.5, 0.6) is 0 Å². The lowest BCUT2D eigenvalue weighted by atomic mass is 9.98. The predicted octanol–water partition coefficient (Wildman–Crippen LogP) is 0.570. The summed E-state index contributed by atoms with van der Waals surface area (Å²) in [5.41, 5.74) is 5.66. The molecule has 0 aromatic rings. The summed E-state index contributed by atoms with van der Waals surface area (Å²) in [5, 5.41) is 8.93. The highest BCUT2D eigenvalue weighted by atomic mass is 16.3. The monoisotopic (exact) mass is 186 g/mol. The molecule has 0 aromatic heterocycles. The Kier molecular flexibility index (Phi) is 4.70. The number of rotatable bonds is 4. The summed E-state index contributed by atoms with van der Waals surface area (Å²) in [6.45, 7) is 4.36. The van der Waals surface area contributed by atoms with Crippen molar-refractivity contribution in [1.82, 2.24) is 4.90 Å². The molecule has 3 heteroatoms. The van der Waals surface area contributed by atoms with Gasteiger partial charge in [0.2, 0.25) is 0 Å². The first kappa shape index (κ1) is 11.0. The molecule has 0 bridgehead atoms. The molecule has 0 amide bonds. The normalized spacial score (nSPS) is 27.5. The summed E-state index contributed by atoms with van der Waals surface area (Å²) in [6, 6.07) is 1.04. The fourth-order valence-electron chi connectivity index (χ4n) is 2.20. The number of nitrogens with zero attached hydrogens (tertiary/aromatic N) is 1. The Labute approximate surface area is 80.9 Å². The second-order valence-corrected chi connectivity index (χ2v) is 3.98. The Balaban J connectivity index is 2.45. The van der Waals surface area contributed by atoms with Crippen molar-refractivity contribution in [1.29, 1.82) is 0 Å². The summed E-state index contributed by atoms with van der Waals surface area (Å²) >= 11 is 0. The molecule has 0 aromatic carbocycles. The lowest BCUT2D eigenvalue weighted by molar-refractivity contribution is 0.0860. The third kappa shape index (κ3) is 2.93. The topological polar surface area (TPSA) is 49.5 Å². The molecule has 0 radical (unpaired) electrons. The van der Waals surface area contributed by atoms with Gasteiger partial charge in [-0.05, 0) is 32.7 Å². The van der Waals surface area contributed by atoms with Gasteiger partial charge in [0.1, 0.15) is 0 Å². The van der Waals surface area contributed by atoms with Crippen LogP contribution < -0.4 is 5.73 Å². The first-order valence-electron chi connectivity index (χ1n) is 5.36. The van der Waals surface area contributed by atoms with Crippen molar-refractivity contribution in [2.75, 3.05) is 19.7 Å². The van der Waals surface area contributed by atoms with Crippen molar-refractivity contribution in [3.8, 4) is 0 Å². The molecule has 0 spiro atoms. The zero-order valence-corrected chi connectivity index (χ0v) is 8.58. The highest BCUT2D eigenvalue weighted by Gasteiger charge is 2.24. The number of hydrogen-bond acceptors (Lipinski definition) is 3. The molecule has 3 nitrogen and oxygen atoms in total. The van der Waals surface area contributed by atoms with E-state index in [9.17, 15) is 0 Å². The van der Waals surface area contributed by atoms with Crippen molar-refractivity contribution < 1.29 is 5.11 Å². The molecule has 2 unspecified atom stereocenters. The van der Waals surface area contributed by atoms with Crippen LogP contribution in [-0.2, 0) is 0 Å². The summed E-state index contributed by atoms with van der Waals surface area (Å²) in [5.74, 6) is 0. The van der Waals surface area contributed by atoms with E-state index in [1.54, 1.807) is 0 Å². The number of nitrogens with two attached hydrogens (primary N) is 1. The fraction of sp³-hybridized carbons (Fsp3) is 1.00. The van der Waals surface area contributed by atoms with Gasteiger partial charge in [0.05, 0.1) is 0 Å². The van der Waals surface area contributed by atoms with E-state index in [0.29, 0.717) is 18.7 Å². The van der Waals surface area contributed by atoms with Crippen molar-refractivity contribution in [3.05, 3.63) is 0 Å². The van der Waals surface area contributed by atoms with Crippen LogP contribution in [0.15, 0.2) is 0 Å². The van der Waals surface area contributed by atoms with Crippen LogP contribution >= 0.6 is 0 Å². The van der Waals surface area contributed by atoms with Gasteiger partial charge in [0.25, 0.3) is 0 Å². The van der Waals surface area contributed by atoms with Gasteiger partial charge in [0, 0.05) is 25.2 Å². The minimum atomic E-state index is 0.304. The van der Waals surface area contributed by atoms with Crippen LogP contribution in [-0.4, -0.2) is 41.8 Å². The van der Waals surface area contributed by atoms with Gasteiger partial charge in [-0.25, -0.2) is 0 Å². The number of piperidine rings is 1. The average molecular weight is 186 g/mol. The smallest absolute Gasteiger partial charge is 0.0445 e. The van der Waals surface area contributed by atoms with E-state index in [0.717, 1.165) is 19.5 Å². The molecule has 1 aliphatic rings. The standard InChI is InChI=1S/C10H22N2O/c1-9(8-11)12-6-3-2-4-10(12)5-7-13/h9-10,13H,2-8,11H2,1H3. The number of aliphatic hydroxyl groups excluding tert-OH is 1. The number of hydrogen-bond donors (Lipinski definition) is 2. The van der Waals surface area contributed by atoms with Crippen molar-refractivity contribution in [2.45, 2.75) is 44.7 Å². The van der Waals surface area contributed by atoms with Gasteiger partial charge in [0.15, 0.2) is 0 Å². The van der Waals surface area contributed by atoms with Crippen LogP contribution in [0.25, 0.3) is 0 Å². The maximum Gasteiger partial charge on any atom is 0.0445 e. The van der Waals surface area contributed by atoms with E-state index in [1.165, 1.54) is 19.3 Å². The van der Waals surface area contributed by atoms with Crippen LogP contribution in [0.1, 0.15) is 32.6 Å². The minimum Gasteiger partial charge on any atom is -0.396 e. The largest absolute Gasteiger partial charge is 0.396 e. The van der Waals surface area contributed by atoms with Crippen LogP contribution in [0.2, 0.25) is 0 Å². The van der Waals surface area contributed by atoms with Gasteiger partial charge < -0.3 is 10.8 Å². The number of aliphatic hydroxyl groups is 1. The van der Waals surface area contributed by atoms with E-state index in [-0.39, 0.29) is 0 Å². The molecule has 1 fully saturated rings. The molecule has 0 saturated carbocycles. The van der Waals surface area contributed by atoms with E-state index in [4.69, 9.17) is 10.8 Å². The fourth-order valence-corrected chi connectivity index (χ4v) is 2.20. The maximum atomic E-state index is 8.93. The van der Waals surface area contributed by atoms with E-state index < -0.39 is 0 Å². The zero-order valence-electron chi connectivity index (χ0n) is 8.58. The summed E-state index contributed by atoms with van der Waals surface area (Å²) in [4.78, 5) is 2.46. The summed E-state index contributed by atoms with van der Waals surface area (Å²) in [6.07, 6.45) is 4.72. The van der Waals surface area contributed by atoms with Crippen LogP contribution in [0.4, 0.5) is 0 Å². The predicted molar refractivity (Wildman–Crippen MR) is 54.6 cm³/mol. The van der Waals surface area contributed by atoms with Crippen molar-refractivity contribution in [2.24, 2.45) is 5.73 Å². The van der Waals surface area contributed by atoms with Crippen molar-refractivity contribution in [3.63, 3.8) is 0 Å². The second kappa shape index (κ2) is 5.58. The third-order valence-electron chi connectivity index (χ3n) is 3.04. The third-order valence-corrected chi connectivity index (χ3v) is 3.04. The maximum absolute atomic E-state index is 8.93. The lowest BCUT2D eigenvalue weighted by Crippen LogP contribution is -2.48. The lowest BCUT2D eigenvalue weighted by Gasteiger charge is -2.39. The first-order valence-corrected chi connectivity index (χ1v) is 5.36. The molecule has 2 atom stereocenters. The highest BCUT2D eigenvalue weighted by Crippen LogP contribution is 2.21. The zero-order chi connectivity index (χ0) is 9.68. The van der Waals surface area contributed by atoms with Gasteiger partial charge in [-0.2, -0.15) is 0 Å². The molecule has 1 aliphatic heterocycles. The quantitative estimate of drug-likeness (QED) is 0.675. The molecule has 13 heavy (non-hydrogen) atoms. The number of likely N-dealkylation sites (tertiary alicyclic amines) is 1. The Morgan fingerprint density at radius 3 is 2.92 bits per heavy atom. The first-order chi connectivity index (χ1) is 6.29. The van der Waals surface area contributed by atoms with Gasteiger partial charge >= 0.3 is 0 Å². The van der Waals surface area contributed by atoms with Crippen LogP contribution in [0.3, 0.4) is 0 Å². The second-order valence-electron chi connectivity index (χ2n) is 3.98.